The zero-order chi connectivity index (χ0) is 25.4. The average molecular weight is 510 g/mol. The van der Waals surface area contributed by atoms with Gasteiger partial charge in [-0.05, 0) is 47.1 Å². The number of hydrogen-bond donors (Lipinski definition) is 4. The van der Waals surface area contributed by atoms with Gasteiger partial charge in [0.25, 0.3) is 0 Å². The number of amides is 2. The van der Waals surface area contributed by atoms with Crippen molar-refractivity contribution in [2.45, 2.75) is 43.4 Å². The largest absolute Gasteiger partial charge is 0.445 e. The third-order valence-corrected chi connectivity index (χ3v) is 7.37. The summed E-state index contributed by atoms with van der Waals surface area (Å²) < 4.78 is 10.6. The molecule has 1 aliphatic heterocycles. The summed E-state index contributed by atoms with van der Waals surface area (Å²) in [5.41, 5.74) is 12.1. The molecule has 2 aromatic carbocycles. The van der Waals surface area contributed by atoms with Gasteiger partial charge in [0.05, 0.1) is 0 Å². The van der Waals surface area contributed by atoms with E-state index >= 15 is 0 Å². The second-order valence-corrected chi connectivity index (χ2v) is 10.1. The quantitative estimate of drug-likeness (QED) is 0.306. The number of nitrogens with one attached hydrogen (secondary N) is 3. The van der Waals surface area contributed by atoms with Gasteiger partial charge in [-0.1, -0.05) is 60.6 Å². The summed E-state index contributed by atoms with van der Waals surface area (Å²) in [4.78, 5) is 24.1. The highest BCUT2D eigenvalue weighted by atomic mass is 32.2. The Bertz CT molecular complexity index is 1130. The molecule has 10 heteroatoms. The molecule has 190 valence electrons. The van der Waals surface area contributed by atoms with Crippen LogP contribution in [0.5, 0.6) is 0 Å². The number of benzene rings is 2. The standard InChI is InChI=1S/C26H31N5O4S/c27-17-26(31-12-13-36-26)35-25(33)30-15-20(28)8-3-4-11-29-24(32)34-16-19-7-5-10-22-21-9-2-1-6-18(21)14-23(19)22/h1-2,5-7,9-10,20,31H,3-4,8,11-16,28H2,(H,29,32)(H,30,33). The maximum absolute atomic E-state index is 12.2. The van der Waals surface area contributed by atoms with Crippen LogP contribution in [0.4, 0.5) is 9.59 Å². The van der Waals surface area contributed by atoms with Crippen molar-refractivity contribution in [1.82, 2.24) is 16.0 Å². The molecule has 0 bridgehead atoms. The third-order valence-electron chi connectivity index (χ3n) is 6.23. The van der Waals surface area contributed by atoms with Crippen LogP contribution in [0.3, 0.4) is 0 Å². The molecule has 2 atom stereocenters. The Kier molecular flexibility index (Phi) is 8.70. The van der Waals surface area contributed by atoms with Crippen molar-refractivity contribution in [3.05, 3.63) is 59.2 Å². The van der Waals surface area contributed by atoms with E-state index in [0.29, 0.717) is 25.3 Å². The van der Waals surface area contributed by atoms with Gasteiger partial charge in [0.2, 0.25) is 0 Å². The van der Waals surface area contributed by atoms with Gasteiger partial charge in [-0.25, -0.2) is 9.59 Å². The number of nitriles is 1. The summed E-state index contributed by atoms with van der Waals surface area (Å²) in [6, 6.07) is 16.2. The molecular weight excluding hydrogens is 478 g/mol. The SMILES string of the molecule is N#CC1(OC(=O)NCC(N)CCCCNC(=O)OCc2cccc3c2Cc2ccccc2-3)NCCS1. The van der Waals surface area contributed by atoms with Crippen LogP contribution >= 0.6 is 11.8 Å². The van der Waals surface area contributed by atoms with Crippen molar-refractivity contribution >= 4 is 23.9 Å². The second kappa shape index (κ2) is 12.1. The van der Waals surface area contributed by atoms with E-state index < -0.39 is 17.2 Å². The lowest BCUT2D eigenvalue weighted by atomic mass is 10.0. The number of carbonyl (C=O) groups excluding carboxylic acids is 2. The van der Waals surface area contributed by atoms with E-state index in [0.717, 1.165) is 24.8 Å². The van der Waals surface area contributed by atoms with E-state index in [1.165, 1.54) is 34.0 Å². The minimum Gasteiger partial charge on any atom is -0.445 e. The molecule has 36 heavy (non-hydrogen) atoms. The molecule has 2 amide bonds. The summed E-state index contributed by atoms with van der Waals surface area (Å²) in [6.45, 7) is 1.56. The number of nitrogens with zero attached hydrogens (tertiary/aromatic N) is 1. The van der Waals surface area contributed by atoms with E-state index in [4.69, 9.17) is 15.2 Å². The van der Waals surface area contributed by atoms with Crippen molar-refractivity contribution in [2.24, 2.45) is 5.73 Å². The Morgan fingerprint density at radius 2 is 1.97 bits per heavy atom. The lowest BCUT2D eigenvalue weighted by Crippen LogP contribution is -2.45. The monoisotopic (exact) mass is 509 g/mol. The van der Waals surface area contributed by atoms with Gasteiger partial charge < -0.3 is 25.8 Å². The van der Waals surface area contributed by atoms with E-state index in [-0.39, 0.29) is 19.2 Å². The van der Waals surface area contributed by atoms with Gasteiger partial charge in [0.15, 0.2) is 0 Å². The number of fused-ring (bicyclic) bond motifs is 3. The van der Waals surface area contributed by atoms with E-state index in [1.54, 1.807) is 0 Å². The fraction of sp³-hybridized carbons (Fsp3) is 0.423. The first kappa shape index (κ1) is 25.8. The molecule has 1 fully saturated rings. The lowest BCUT2D eigenvalue weighted by Gasteiger charge is -2.21. The Labute approximate surface area is 215 Å². The molecule has 0 aromatic heterocycles. The van der Waals surface area contributed by atoms with Gasteiger partial charge >= 0.3 is 17.2 Å². The van der Waals surface area contributed by atoms with Gasteiger partial charge in [-0.15, -0.1) is 0 Å². The maximum atomic E-state index is 12.2. The zero-order valence-corrected chi connectivity index (χ0v) is 20.9. The Morgan fingerprint density at radius 3 is 2.78 bits per heavy atom. The number of ether oxygens (including phenoxy) is 2. The van der Waals surface area contributed by atoms with Gasteiger partial charge in [0, 0.05) is 31.4 Å². The Balaban J connectivity index is 1.08. The maximum Gasteiger partial charge on any atom is 0.410 e. The molecule has 0 saturated carbocycles. The normalized spacial score (nSPS) is 18.4. The van der Waals surface area contributed by atoms with Crippen molar-refractivity contribution in [1.29, 1.82) is 5.26 Å². The molecule has 0 spiro atoms. The predicted octanol–water partition coefficient (Wildman–Crippen LogP) is 3.22. The summed E-state index contributed by atoms with van der Waals surface area (Å²) in [5, 5.41) is 16.1. The molecular formula is C26H31N5O4S. The molecule has 0 radical (unpaired) electrons. The number of carbonyl (C=O) groups is 2. The fourth-order valence-corrected chi connectivity index (χ4v) is 5.27. The minimum atomic E-state index is -1.32. The first-order valence-corrected chi connectivity index (χ1v) is 13.1. The highest BCUT2D eigenvalue weighted by Gasteiger charge is 2.38. The molecule has 2 unspecified atom stereocenters. The fourth-order valence-electron chi connectivity index (χ4n) is 4.38. The van der Waals surface area contributed by atoms with Crippen LogP contribution < -0.4 is 21.7 Å². The van der Waals surface area contributed by atoms with E-state index in [2.05, 4.69) is 34.1 Å². The average Bonchev–Trinajstić information content (AvgIpc) is 3.51. The van der Waals surface area contributed by atoms with Crippen LogP contribution in [0, 0.1) is 11.3 Å². The van der Waals surface area contributed by atoms with Crippen molar-refractivity contribution in [2.75, 3.05) is 25.4 Å². The van der Waals surface area contributed by atoms with Crippen LogP contribution in [-0.4, -0.2) is 48.7 Å². The third kappa shape index (κ3) is 6.49. The second-order valence-electron chi connectivity index (χ2n) is 8.81. The predicted molar refractivity (Wildman–Crippen MR) is 138 cm³/mol. The van der Waals surface area contributed by atoms with Gasteiger partial charge in [-0.2, -0.15) is 5.26 Å². The first-order valence-electron chi connectivity index (χ1n) is 12.1. The minimum absolute atomic E-state index is 0.233. The van der Waals surface area contributed by atoms with Crippen molar-refractivity contribution in [3.63, 3.8) is 0 Å². The van der Waals surface area contributed by atoms with Crippen LogP contribution in [0.2, 0.25) is 0 Å². The summed E-state index contributed by atoms with van der Waals surface area (Å²) in [7, 11) is 0. The summed E-state index contributed by atoms with van der Waals surface area (Å²) in [6.07, 6.45) is 1.93. The number of nitrogens with two attached hydrogens (primary N) is 1. The van der Waals surface area contributed by atoms with Crippen LogP contribution in [0.25, 0.3) is 11.1 Å². The topological polar surface area (TPSA) is 138 Å². The molecule has 1 saturated heterocycles. The Morgan fingerprint density at radius 1 is 1.14 bits per heavy atom. The number of thioether (sulfide) groups is 1. The molecule has 5 N–H and O–H groups in total. The molecule has 2 aliphatic rings. The lowest BCUT2D eigenvalue weighted by molar-refractivity contribution is 0.0926. The molecule has 1 heterocycles. The van der Waals surface area contributed by atoms with Crippen LogP contribution in [0.15, 0.2) is 42.5 Å². The van der Waals surface area contributed by atoms with Crippen molar-refractivity contribution < 1.29 is 19.1 Å². The summed E-state index contributed by atoms with van der Waals surface area (Å²) in [5.74, 6) is 0.699. The molecule has 2 aromatic rings. The van der Waals surface area contributed by atoms with Crippen LogP contribution in [0.1, 0.15) is 36.0 Å². The zero-order valence-electron chi connectivity index (χ0n) is 20.0. The summed E-state index contributed by atoms with van der Waals surface area (Å²) >= 11 is 1.25. The molecule has 1 aliphatic carbocycles. The first-order chi connectivity index (χ1) is 17.5. The van der Waals surface area contributed by atoms with E-state index in [1.807, 2.05) is 30.3 Å². The Hall–Kier alpha value is -3.26. The molecule has 4 rings (SSSR count). The number of alkyl carbamates (subject to hydrolysis) is 2. The van der Waals surface area contributed by atoms with Crippen LogP contribution in [-0.2, 0) is 22.5 Å². The highest BCUT2D eigenvalue weighted by molar-refractivity contribution is 8.01. The van der Waals surface area contributed by atoms with Gasteiger partial charge in [0.1, 0.15) is 12.7 Å². The van der Waals surface area contributed by atoms with Crippen molar-refractivity contribution in [3.8, 4) is 17.2 Å². The molecule has 9 nitrogen and oxygen atoms in total. The number of unbranched alkanes of at least 4 members (excludes halogenated alkanes) is 1. The number of rotatable bonds is 10. The number of hydrogen-bond acceptors (Lipinski definition) is 8. The smallest absolute Gasteiger partial charge is 0.410 e. The van der Waals surface area contributed by atoms with E-state index in [9.17, 15) is 14.9 Å². The van der Waals surface area contributed by atoms with Gasteiger partial charge in [-0.3, -0.25) is 5.32 Å². The highest BCUT2D eigenvalue weighted by Crippen LogP contribution is 2.38.